The molecule has 1 aliphatic heterocycles. The predicted octanol–water partition coefficient (Wildman–Crippen LogP) is 2.42. The van der Waals surface area contributed by atoms with E-state index in [-0.39, 0.29) is 11.8 Å². The molecular weight excluding hydrogens is 284 g/mol. The van der Waals surface area contributed by atoms with E-state index < -0.39 is 11.6 Å². The molecule has 4 nitrogen and oxygen atoms in total. The van der Waals surface area contributed by atoms with Gasteiger partial charge in [0.1, 0.15) is 11.6 Å². The number of carbonyl (C=O) groups is 2. The molecule has 2 unspecified atom stereocenters. The number of hydrogen-bond acceptors (Lipinski definition) is 3. The molecule has 2 rings (SSSR count). The Balaban J connectivity index is 2.31. The highest BCUT2D eigenvalue weighted by Gasteiger charge is 2.46. The number of amides is 2. The van der Waals surface area contributed by atoms with Gasteiger partial charge in [-0.1, -0.05) is 18.5 Å². The van der Waals surface area contributed by atoms with Crippen molar-refractivity contribution in [1.82, 2.24) is 10.2 Å². The summed E-state index contributed by atoms with van der Waals surface area (Å²) < 4.78 is 0.690. The first-order valence-corrected chi connectivity index (χ1v) is 7.44. The van der Waals surface area contributed by atoms with Gasteiger partial charge in [-0.05, 0) is 32.4 Å². The second-order valence-corrected chi connectivity index (χ2v) is 6.75. The van der Waals surface area contributed by atoms with Gasteiger partial charge in [-0.2, -0.15) is 0 Å². The van der Waals surface area contributed by atoms with Crippen molar-refractivity contribution in [3.63, 3.8) is 0 Å². The summed E-state index contributed by atoms with van der Waals surface area (Å²) in [5.41, 5.74) is -0.792. The minimum Gasteiger partial charge on any atom is -0.343 e. The summed E-state index contributed by atoms with van der Waals surface area (Å²) in [6.07, 6.45) is 0.580. The summed E-state index contributed by atoms with van der Waals surface area (Å²) in [5, 5.41) is 2.74. The molecule has 0 radical (unpaired) electrons. The van der Waals surface area contributed by atoms with Crippen LogP contribution in [0.5, 0.6) is 0 Å². The van der Waals surface area contributed by atoms with Crippen LogP contribution in [0.1, 0.15) is 32.1 Å². The molecule has 1 N–H and O–H groups in total. The summed E-state index contributed by atoms with van der Waals surface area (Å²) in [7, 11) is 0. The average Bonchev–Trinajstić information content (AvgIpc) is 2.78. The quantitative estimate of drug-likeness (QED) is 0.932. The van der Waals surface area contributed by atoms with Crippen LogP contribution in [0.15, 0.2) is 12.1 Å². The van der Waals surface area contributed by atoms with Gasteiger partial charge in [-0.15, -0.1) is 11.3 Å². The minimum absolute atomic E-state index is 0.0477. The molecule has 0 saturated carbocycles. The lowest BCUT2D eigenvalue weighted by Crippen LogP contribution is -2.68. The van der Waals surface area contributed by atoms with Gasteiger partial charge in [0.15, 0.2) is 0 Å². The highest BCUT2D eigenvalue weighted by atomic mass is 35.5. The van der Waals surface area contributed by atoms with Gasteiger partial charge >= 0.3 is 0 Å². The summed E-state index contributed by atoms with van der Waals surface area (Å²) in [5.74, 6) is -0.141. The zero-order valence-electron chi connectivity index (χ0n) is 11.2. The molecule has 2 heterocycles. The third-order valence-electron chi connectivity index (χ3n) is 3.70. The van der Waals surface area contributed by atoms with Crippen LogP contribution in [0.4, 0.5) is 0 Å². The van der Waals surface area contributed by atoms with Crippen molar-refractivity contribution in [2.24, 2.45) is 0 Å². The van der Waals surface area contributed by atoms with Gasteiger partial charge in [0.05, 0.1) is 10.9 Å². The Labute approximate surface area is 121 Å². The van der Waals surface area contributed by atoms with Gasteiger partial charge in [0.2, 0.25) is 11.8 Å². The standard InChI is InChI=1S/C13H17ClN2O2S/c1-4-13(3)12(18)15-8(2)11(17)16(13)7-9-5-6-10(14)19-9/h5-6,8H,4,7H2,1-3H3,(H,15,18). The molecule has 0 spiro atoms. The van der Waals surface area contributed by atoms with Crippen LogP contribution in [0, 0.1) is 0 Å². The van der Waals surface area contributed by atoms with Crippen LogP contribution >= 0.6 is 22.9 Å². The molecule has 1 saturated heterocycles. The smallest absolute Gasteiger partial charge is 0.246 e. The number of carbonyl (C=O) groups excluding carboxylic acids is 2. The Morgan fingerprint density at radius 2 is 2.16 bits per heavy atom. The number of hydrogen-bond donors (Lipinski definition) is 1. The monoisotopic (exact) mass is 300 g/mol. The lowest BCUT2D eigenvalue weighted by Gasteiger charge is -2.45. The summed E-state index contributed by atoms with van der Waals surface area (Å²) >= 11 is 7.35. The Hall–Kier alpha value is -1.07. The van der Waals surface area contributed by atoms with Crippen molar-refractivity contribution < 1.29 is 9.59 Å². The molecule has 0 bridgehead atoms. The molecule has 2 amide bonds. The molecule has 1 aromatic rings. The molecule has 1 aromatic heterocycles. The van der Waals surface area contributed by atoms with Crippen LogP contribution in [0.2, 0.25) is 4.34 Å². The fourth-order valence-corrected chi connectivity index (χ4v) is 3.29. The van der Waals surface area contributed by atoms with Crippen molar-refractivity contribution in [3.05, 3.63) is 21.3 Å². The third-order valence-corrected chi connectivity index (χ3v) is 4.92. The maximum absolute atomic E-state index is 12.3. The van der Waals surface area contributed by atoms with Crippen molar-refractivity contribution in [2.45, 2.75) is 45.3 Å². The number of halogens is 1. The fourth-order valence-electron chi connectivity index (χ4n) is 2.21. The van der Waals surface area contributed by atoms with Crippen molar-refractivity contribution in [2.75, 3.05) is 0 Å². The SMILES string of the molecule is CCC1(C)C(=O)NC(C)C(=O)N1Cc1ccc(Cl)s1. The first-order valence-electron chi connectivity index (χ1n) is 6.25. The van der Waals surface area contributed by atoms with Crippen LogP contribution < -0.4 is 5.32 Å². The van der Waals surface area contributed by atoms with Crippen molar-refractivity contribution in [3.8, 4) is 0 Å². The number of thiophene rings is 1. The van der Waals surface area contributed by atoms with Gasteiger partial charge in [0.25, 0.3) is 0 Å². The molecule has 0 aromatic carbocycles. The Bertz CT molecular complexity index is 516. The van der Waals surface area contributed by atoms with Gasteiger partial charge in [0, 0.05) is 4.88 Å². The highest BCUT2D eigenvalue weighted by Crippen LogP contribution is 2.30. The van der Waals surface area contributed by atoms with E-state index in [1.807, 2.05) is 19.1 Å². The van der Waals surface area contributed by atoms with Crippen LogP contribution in [0.25, 0.3) is 0 Å². The number of nitrogens with zero attached hydrogens (tertiary/aromatic N) is 1. The zero-order chi connectivity index (χ0) is 14.2. The van der Waals surface area contributed by atoms with Crippen LogP contribution in [-0.2, 0) is 16.1 Å². The van der Waals surface area contributed by atoms with Crippen LogP contribution in [-0.4, -0.2) is 28.3 Å². The van der Waals surface area contributed by atoms with E-state index in [0.717, 1.165) is 4.88 Å². The first kappa shape index (κ1) is 14.3. The van der Waals surface area contributed by atoms with Gasteiger partial charge < -0.3 is 10.2 Å². The molecule has 6 heteroatoms. The van der Waals surface area contributed by atoms with E-state index in [4.69, 9.17) is 11.6 Å². The van der Waals surface area contributed by atoms with E-state index in [1.165, 1.54) is 11.3 Å². The molecule has 0 aliphatic carbocycles. The topological polar surface area (TPSA) is 49.4 Å². The van der Waals surface area contributed by atoms with E-state index in [9.17, 15) is 9.59 Å². The Morgan fingerprint density at radius 1 is 1.47 bits per heavy atom. The van der Waals surface area contributed by atoms with E-state index in [0.29, 0.717) is 17.3 Å². The van der Waals surface area contributed by atoms with Gasteiger partial charge in [-0.3, -0.25) is 9.59 Å². The number of rotatable bonds is 3. The van der Waals surface area contributed by atoms with E-state index in [2.05, 4.69) is 5.32 Å². The summed E-state index contributed by atoms with van der Waals surface area (Å²) in [6, 6.07) is 3.23. The van der Waals surface area contributed by atoms with E-state index >= 15 is 0 Å². The molecule has 19 heavy (non-hydrogen) atoms. The molecule has 104 valence electrons. The molecule has 2 atom stereocenters. The first-order chi connectivity index (χ1) is 8.88. The lowest BCUT2D eigenvalue weighted by molar-refractivity contribution is -0.157. The second-order valence-electron chi connectivity index (χ2n) is 4.95. The van der Waals surface area contributed by atoms with Crippen molar-refractivity contribution in [1.29, 1.82) is 0 Å². The fraction of sp³-hybridized carbons (Fsp3) is 0.538. The highest BCUT2D eigenvalue weighted by molar-refractivity contribution is 7.16. The number of piperazine rings is 1. The lowest BCUT2D eigenvalue weighted by atomic mass is 9.91. The molecule has 1 aliphatic rings. The summed E-state index contributed by atoms with van der Waals surface area (Å²) in [4.78, 5) is 27.2. The average molecular weight is 301 g/mol. The molecular formula is C13H17ClN2O2S. The van der Waals surface area contributed by atoms with E-state index in [1.54, 1.807) is 18.7 Å². The predicted molar refractivity (Wildman–Crippen MR) is 76.2 cm³/mol. The van der Waals surface area contributed by atoms with Crippen LogP contribution in [0.3, 0.4) is 0 Å². The zero-order valence-corrected chi connectivity index (χ0v) is 12.8. The second kappa shape index (κ2) is 5.13. The normalized spacial score (nSPS) is 27.6. The van der Waals surface area contributed by atoms with Crippen molar-refractivity contribution >= 4 is 34.8 Å². The Morgan fingerprint density at radius 3 is 2.68 bits per heavy atom. The maximum atomic E-state index is 12.3. The minimum atomic E-state index is -0.792. The third kappa shape index (κ3) is 2.49. The molecule has 1 fully saturated rings. The largest absolute Gasteiger partial charge is 0.343 e. The Kier molecular flexibility index (Phi) is 3.87. The van der Waals surface area contributed by atoms with Gasteiger partial charge in [-0.25, -0.2) is 0 Å². The number of nitrogens with one attached hydrogen (secondary N) is 1. The summed E-state index contributed by atoms with van der Waals surface area (Å²) in [6.45, 7) is 5.86. The maximum Gasteiger partial charge on any atom is 0.246 e.